The number of nitrogens with zero attached hydrogens (tertiary/aromatic N) is 1. The van der Waals surface area contributed by atoms with E-state index in [1.807, 2.05) is 12.1 Å². The summed E-state index contributed by atoms with van der Waals surface area (Å²) in [5.74, 6) is -0.291. The predicted octanol–water partition coefficient (Wildman–Crippen LogP) is 3.92. The van der Waals surface area contributed by atoms with Gasteiger partial charge in [0, 0.05) is 12.2 Å². The summed E-state index contributed by atoms with van der Waals surface area (Å²) < 4.78 is 19.1. The zero-order valence-electron chi connectivity index (χ0n) is 14.0. The largest absolute Gasteiger partial charge is 0.370 e. The maximum atomic E-state index is 13.4. The van der Waals surface area contributed by atoms with Crippen molar-refractivity contribution in [3.63, 3.8) is 0 Å². The molecule has 2 aromatic rings. The van der Waals surface area contributed by atoms with Crippen molar-refractivity contribution in [3.05, 3.63) is 65.0 Å². The van der Waals surface area contributed by atoms with Crippen molar-refractivity contribution in [1.29, 1.82) is 0 Å². The van der Waals surface area contributed by atoms with Gasteiger partial charge in [0.05, 0.1) is 13.2 Å². The number of aryl methyl sites for hydroxylation is 2. The zero-order valence-corrected chi connectivity index (χ0v) is 14.0. The van der Waals surface area contributed by atoms with Crippen LogP contribution in [0.4, 0.5) is 14.9 Å². The number of halogens is 1. The lowest BCUT2D eigenvalue weighted by atomic mass is 10.1. The number of fused-ring (bicyclic) bond motifs is 1. The third-order valence-corrected chi connectivity index (χ3v) is 4.92. The normalized spacial score (nSPS) is 19.6. The van der Waals surface area contributed by atoms with E-state index in [9.17, 15) is 9.18 Å². The number of carbonyl (C=O) groups is 1. The summed E-state index contributed by atoms with van der Waals surface area (Å²) >= 11 is 0. The first-order chi connectivity index (χ1) is 12.2. The number of rotatable bonds is 2. The van der Waals surface area contributed by atoms with Gasteiger partial charge in [-0.1, -0.05) is 18.2 Å². The van der Waals surface area contributed by atoms with Gasteiger partial charge in [-0.15, -0.1) is 0 Å². The van der Waals surface area contributed by atoms with Gasteiger partial charge in [-0.3, -0.25) is 0 Å². The molecule has 0 aromatic heterocycles. The van der Waals surface area contributed by atoms with Crippen LogP contribution in [0.3, 0.4) is 0 Å². The molecule has 5 heteroatoms. The van der Waals surface area contributed by atoms with E-state index >= 15 is 0 Å². The molecule has 4 nitrogen and oxygen atoms in total. The summed E-state index contributed by atoms with van der Waals surface area (Å²) in [6.07, 6.45) is 3.10. The van der Waals surface area contributed by atoms with Crippen LogP contribution in [-0.2, 0) is 17.6 Å². The number of hydrogen-bond donors (Lipinski definition) is 1. The summed E-state index contributed by atoms with van der Waals surface area (Å²) in [6.45, 7) is 1.39. The quantitative estimate of drug-likeness (QED) is 0.900. The summed E-state index contributed by atoms with van der Waals surface area (Å²) in [5.41, 5.74) is 4.31. The Balaban J connectivity index is 1.43. The smallest absolute Gasteiger partial charge is 0.322 e. The Labute approximate surface area is 146 Å². The highest BCUT2D eigenvalue weighted by atomic mass is 19.1. The number of morpholine rings is 1. The Morgan fingerprint density at radius 3 is 2.92 bits per heavy atom. The molecule has 0 spiro atoms. The molecular weight excluding hydrogens is 319 g/mol. The second kappa shape index (κ2) is 6.84. The van der Waals surface area contributed by atoms with Crippen molar-refractivity contribution in [1.82, 2.24) is 4.90 Å². The van der Waals surface area contributed by atoms with Crippen LogP contribution in [0.5, 0.6) is 0 Å². The monoisotopic (exact) mass is 340 g/mol. The molecule has 2 aromatic carbocycles. The molecule has 1 atom stereocenters. The molecule has 2 amide bonds. The topological polar surface area (TPSA) is 41.6 Å². The van der Waals surface area contributed by atoms with Gasteiger partial charge in [-0.25, -0.2) is 9.18 Å². The number of carbonyl (C=O) groups excluding carboxylic acids is 1. The number of anilines is 1. The van der Waals surface area contributed by atoms with Crippen LogP contribution < -0.4 is 5.32 Å². The van der Waals surface area contributed by atoms with Crippen LogP contribution in [0.2, 0.25) is 0 Å². The fraction of sp³-hybridized carbons (Fsp3) is 0.350. The lowest BCUT2D eigenvalue weighted by Crippen LogP contribution is -2.44. The molecule has 0 radical (unpaired) electrons. The third-order valence-electron chi connectivity index (χ3n) is 4.92. The molecule has 0 saturated carbocycles. The summed E-state index contributed by atoms with van der Waals surface area (Å²) in [5, 5.41) is 2.98. The van der Waals surface area contributed by atoms with E-state index in [1.54, 1.807) is 11.0 Å². The van der Waals surface area contributed by atoms with Gasteiger partial charge in [0.15, 0.2) is 0 Å². The highest BCUT2D eigenvalue weighted by Gasteiger charge is 2.26. The van der Waals surface area contributed by atoms with Crippen LogP contribution in [-0.4, -0.2) is 30.6 Å². The molecule has 1 unspecified atom stereocenters. The fourth-order valence-electron chi connectivity index (χ4n) is 3.59. The number of nitrogens with one attached hydrogen (secondary N) is 1. The van der Waals surface area contributed by atoms with Gasteiger partial charge < -0.3 is 15.0 Å². The van der Waals surface area contributed by atoms with Gasteiger partial charge >= 0.3 is 6.03 Å². The van der Waals surface area contributed by atoms with Crippen molar-refractivity contribution in [2.45, 2.75) is 25.4 Å². The highest BCUT2D eigenvalue weighted by Crippen LogP contribution is 2.26. The van der Waals surface area contributed by atoms with E-state index in [0.717, 1.165) is 24.1 Å². The van der Waals surface area contributed by atoms with Gasteiger partial charge in [0.2, 0.25) is 0 Å². The molecule has 1 fully saturated rings. The number of urea groups is 1. The average molecular weight is 340 g/mol. The van der Waals surface area contributed by atoms with Crippen LogP contribution in [0.15, 0.2) is 42.5 Å². The Hall–Kier alpha value is -2.40. The van der Waals surface area contributed by atoms with E-state index in [4.69, 9.17) is 4.74 Å². The molecule has 2 aliphatic rings. The SMILES string of the molecule is O=C(Nc1ccc2c(c1)CCC2)N1CCOC(c2cccc(F)c2)C1. The van der Waals surface area contributed by atoms with Crippen molar-refractivity contribution < 1.29 is 13.9 Å². The van der Waals surface area contributed by atoms with Crippen molar-refractivity contribution in [2.75, 3.05) is 25.0 Å². The maximum Gasteiger partial charge on any atom is 0.322 e. The Kier molecular flexibility index (Phi) is 4.40. The molecule has 1 aliphatic carbocycles. The van der Waals surface area contributed by atoms with Gasteiger partial charge in [-0.2, -0.15) is 0 Å². The molecule has 1 N–H and O–H groups in total. The molecule has 1 aliphatic heterocycles. The van der Waals surface area contributed by atoms with Crippen LogP contribution >= 0.6 is 0 Å². The maximum absolute atomic E-state index is 13.4. The van der Waals surface area contributed by atoms with E-state index in [2.05, 4.69) is 17.4 Å². The lowest BCUT2D eigenvalue weighted by molar-refractivity contribution is -0.0136. The van der Waals surface area contributed by atoms with Crippen LogP contribution in [0.1, 0.15) is 29.2 Å². The number of benzene rings is 2. The molecule has 130 valence electrons. The number of hydrogen-bond acceptors (Lipinski definition) is 2. The molecule has 1 saturated heterocycles. The fourth-order valence-corrected chi connectivity index (χ4v) is 3.59. The minimum absolute atomic E-state index is 0.136. The van der Waals surface area contributed by atoms with Crippen molar-refractivity contribution >= 4 is 11.7 Å². The third kappa shape index (κ3) is 3.51. The minimum Gasteiger partial charge on any atom is -0.370 e. The van der Waals surface area contributed by atoms with E-state index in [0.29, 0.717) is 19.7 Å². The second-order valence-corrected chi connectivity index (χ2v) is 6.63. The molecule has 0 bridgehead atoms. The van der Waals surface area contributed by atoms with Gasteiger partial charge in [0.1, 0.15) is 11.9 Å². The average Bonchev–Trinajstić information content (AvgIpc) is 3.09. The second-order valence-electron chi connectivity index (χ2n) is 6.63. The van der Waals surface area contributed by atoms with E-state index < -0.39 is 0 Å². The van der Waals surface area contributed by atoms with Gasteiger partial charge in [-0.05, 0) is 60.2 Å². The van der Waals surface area contributed by atoms with Crippen molar-refractivity contribution in [2.24, 2.45) is 0 Å². The summed E-state index contributed by atoms with van der Waals surface area (Å²) in [6, 6.07) is 12.4. The number of amides is 2. The Morgan fingerprint density at radius 1 is 1.16 bits per heavy atom. The predicted molar refractivity (Wildman–Crippen MR) is 94.2 cm³/mol. The summed E-state index contributed by atoms with van der Waals surface area (Å²) in [4.78, 5) is 14.3. The molecule has 1 heterocycles. The van der Waals surface area contributed by atoms with Gasteiger partial charge in [0.25, 0.3) is 0 Å². The minimum atomic E-state index is -0.296. The Bertz CT molecular complexity index is 793. The molecule has 4 rings (SSSR count). The van der Waals surface area contributed by atoms with Crippen LogP contribution in [0, 0.1) is 5.82 Å². The Morgan fingerprint density at radius 2 is 2.04 bits per heavy atom. The first-order valence-corrected chi connectivity index (χ1v) is 8.74. The van der Waals surface area contributed by atoms with Crippen LogP contribution in [0.25, 0.3) is 0 Å². The number of ether oxygens (including phenoxy) is 1. The van der Waals surface area contributed by atoms with Crippen molar-refractivity contribution in [3.8, 4) is 0 Å². The highest BCUT2D eigenvalue weighted by molar-refractivity contribution is 5.89. The lowest BCUT2D eigenvalue weighted by Gasteiger charge is -2.33. The molecule has 25 heavy (non-hydrogen) atoms. The van der Waals surface area contributed by atoms with E-state index in [1.165, 1.54) is 29.7 Å². The van der Waals surface area contributed by atoms with E-state index in [-0.39, 0.29) is 18.0 Å². The first-order valence-electron chi connectivity index (χ1n) is 8.74. The standard InChI is InChI=1S/C20H21FN2O2/c21-17-6-2-5-16(11-17)19-13-23(9-10-25-19)20(24)22-18-8-7-14-3-1-4-15(14)12-18/h2,5-8,11-12,19H,1,3-4,9-10,13H2,(H,22,24). The first kappa shape index (κ1) is 16.1. The zero-order chi connectivity index (χ0) is 17.2. The molecular formula is C20H21FN2O2. The summed E-state index contributed by atoms with van der Waals surface area (Å²) in [7, 11) is 0.